The van der Waals surface area contributed by atoms with Gasteiger partial charge < -0.3 is 10.1 Å². The van der Waals surface area contributed by atoms with Crippen LogP contribution in [0.2, 0.25) is 5.02 Å². The molecule has 0 saturated carbocycles. The summed E-state index contributed by atoms with van der Waals surface area (Å²) in [5.74, 6) is -0.593. The maximum absolute atomic E-state index is 12.6. The Balaban J connectivity index is 1.76. The lowest BCUT2D eigenvalue weighted by molar-refractivity contribution is -0.141. The van der Waals surface area contributed by atoms with Crippen molar-refractivity contribution in [1.82, 2.24) is 5.32 Å². The van der Waals surface area contributed by atoms with Gasteiger partial charge in [-0.2, -0.15) is 0 Å². The summed E-state index contributed by atoms with van der Waals surface area (Å²) in [4.78, 5) is 24.4. The second-order valence-electron chi connectivity index (χ2n) is 6.28. The number of hydrogen-bond donors (Lipinski definition) is 1. The van der Waals surface area contributed by atoms with Crippen LogP contribution >= 0.6 is 11.6 Å². The number of ether oxygens (including phenoxy) is 1. The van der Waals surface area contributed by atoms with E-state index in [9.17, 15) is 9.59 Å². The highest BCUT2D eigenvalue weighted by atomic mass is 35.5. The molecule has 0 saturated heterocycles. The SMILES string of the molecule is COC(=O)CC(NC(=O)Cc1ccc2ccccc2c1)c1ccccc1Cl. The molecule has 0 spiro atoms. The Bertz CT molecular complexity index is 970. The van der Waals surface area contributed by atoms with E-state index in [1.165, 1.54) is 7.11 Å². The number of fused-ring (bicyclic) bond motifs is 1. The monoisotopic (exact) mass is 381 g/mol. The average molecular weight is 382 g/mol. The van der Waals surface area contributed by atoms with E-state index in [4.69, 9.17) is 16.3 Å². The fourth-order valence-electron chi connectivity index (χ4n) is 3.03. The molecule has 0 radical (unpaired) electrons. The number of esters is 1. The second kappa shape index (κ2) is 8.69. The first kappa shape index (κ1) is 18.9. The summed E-state index contributed by atoms with van der Waals surface area (Å²) in [6.45, 7) is 0. The number of benzene rings is 3. The van der Waals surface area contributed by atoms with Gasteiger partial charge in [-0.05, 0) is 28.0 Å². The Hall–Kier alpha value is -2.85. The second-order valence-corrected chi connectivity index (χ2v) is 6.69. The van der Waals surface area contributed by atoms with Gasteiger partial charge in [-0.15, -0.1) is 0 Å². The number of halogens is 1. The van der Waals surface area contributed by atoms with Crippen LogP contribution in [0.25, 0.3) is 10.8 Å². The largest absolute Gasteiger partial charge is 0.469 e. The van der Waals surface area contributed by atoms with Crippen LogP contribution in [0.1, 0.15) is 23.6 Å². The van der Waals surface area contributed by atoms with Crippen LogP contribution in [0.4, 0.5) is 0 Å². The van der Waals surface area contributed by atoms with E-state index in [-0.39, 0.29) is 18.7 Å². The van der Waals surface area contributed by atoms with Crippen molar-refractivity contribution in [3.05, 3.63) is 82.9 Å². The van der Waals surface area contributed by atoms with Crippen molar-refractivity contribution in [3.63, 3.8) is 0 Å². The fourth-order valence-corrected chi connectivity index (χ4v) is 3.29. The summed E-state index contributed by atoms with van der Waals surface area (Å²) in [5.41, 5.74) is 1.60. The maximum atomic E-state index is 12.6. The van der Waals surface area contributed by atoms with Crippen LogP contribution < -0.4 is 5.32 Å². The summed E-state index contributed by atoms with van der Waals surface area (Å²) in [6.07, 6.45) is 0.233. The van der Waals surface area contributed by atoms with Crippen LogP contribution in [0, 0.1) is 0 Å². The molecule has 138 valence electrons. The predicted octanol–water partition coefficient (Wildman–Crippen LogP) is 4.46. The lowest BCUT2D eigenvalue weighted by atomic mass is 10.0. The van der Waals surface area contributed by atoms with Gasteiger partial charge in [0.05, 0.1) is 26.0 Å². The first-order chi connectivity index (χ1) is 13.1. The Labute approximate surface area is 163 Å². The molecule has 0 aliphatic carbocycles. The van der Waals surface area contributed by atoms with Gasteiger partial charge in [0.25, 0.3) is 0 Å². The van der Waals surface area contributed by atoms with Crippen LogP contribution in [-0.4, -0.2) is 19.0 Å². The Kier molecular flexibility index (Phi) is 6.09. The third kappa shape index (κ3) is 4.86. The maximum Gasteiger partial charge on any atom is 0.307 e. The molecular formula is C22H20ClNO3. The van der Waals surface area contributed by atoms with Gasteiger partial charge >= 0.3 is 5.97 Å². The predicted molar refractivity (Wildman–Crippen MR) is 107 cm³/mol. The minimum atomic E-state index is -0.542. The fraction of sp³-hybridized carbons (Fsp3) is 0.182. The van der Waals surface area contributed by atoms with Gasteiger partial charge in [0, 0.05) is 5.02 Å². The minimum absolute atomic E-state index is 0.0176. The van der Waals surface area contributed by atoms with Gasteiger partial charge in [0.2, 0.25) is 5.91 Å². The number of rotatable bonds is 6. The third-order valence-electron chi connectivity index (χ3n) is 4.39. The average Bonchev–Trinajstić information content (AvgIpc) is 2.67. The van der Waals surface area contributed by atoms with Crippen molar-refractivity contribution in [1.29, 1.82) is 0 Å². The molecule has 3 aromatic rings. The zero-order chi connectivity index (χ0) is 19.2. The van der Waals surface area contributed by atoms with E-state index < -0.39 is 12.0 Å². The van der Waals surface area contributed by atoms with E-state index in [1.54, 1.807) is 18.2 Å². The smallest absolute Gasteiger partial charge is 0.307 e. The van der Waals surface area contributed by atoms with Crippen molar-refractivity contribution in [2.24, 2.45) is 0 Å². The topological polar surface area (TPSA) is 55.4 Å². The van der Waals surface area contributed by atoms with Gasteiger partial charge in [-0.1, -0.05) is 72.3 Å². The summed E-state index contributed by atoms with van der Waals surface area (Å²) in [6, 6.07) is 20.5. The van der Waals surface area contributed by atoms with E-state index in [0.29, 0.717) is 10.6 Å². The molecule has 0 fully saturated rings. The zero-order valence-electron chi connectivity index (χ0n) is 14.9. The Morgan fingerprint density at radius 1 is 1.00 bits per heavy atom. The highest BCUT2D eigenvalue weighted by molar-refractivity contribution is 6.31. The molecule has 5 heteroatoms. The van der Waals surface area contributed by atoms with Crippen LogP contribution in [-0.2, 0) is 20.7 Å². The number of carbonyl (C=O) groups excluding carboxylic acids is 2. The summed E-state index contributed by atoms with van der Waals surface area (Å²) in [7, 11) is 1.32. The van der Waals surface area contributed by atoms with Crippen molar-refractivity contribution in [2.45, 2.75) is 18.9 Å². The lowest BCUT2D eigenvalue weighted by Gasteiger charge is -2.19. The Morgan fingerprint density at radius 3 is 2.44 bits per heavy atom. The van der Waals surface area contributed by atoms with Gasteiger partial charge in [-0.3, -0.25) is 9.59 Å². The van der Waals surface area contributed by atoms with E-state index in [2.05, 4.69) is 5.32 Å². The number of amides is 1. The van der Waals surface area contributed by atoms with Crippen molar-refractivity contribution in [3.8, 4) is 0 Å². The number of methoxy groups -OCH3 is 1. The lowest BCUT2D eigenvalue weighted by Crippen LogP contribution is -2.31. The first-order valence-electron chi connectivity index (χ1n) is 8.65. The molecule has 1 N–H and O–H groups in total. The molecule has 4 nitrogen and oxygen atoms in total. The quantitative estimate of drug-likeness (QED) is 0.641. The number of carbonyl (C=O) groups is 2. The molecule has 3 rings (SSSR count). The Morgan fingerprint density at radius 2 is 1.70 bits per heavy atom. The summed E-state index contributed by atoms with van der Waals surface area (Å²) >= 11 is 6.25. The molecule has 27 heavy (non-hydrogen) atoms. The number of hydrogen-bond acceptors (Lipinski definition) is 3. The van der Waals surface area contributed by atoms with Crippen molar-refractivity contribution < 1.29 is 14.3 Å². The minimum Gasteiger partial charge on any atom is -0.469 e. The number of nitrogens with one attached hydrogen (secondary N) is 1. The van der Waals surface area contributed by atoms with Crippen molar-refractivity contribution in [2.75, 3.05) is 7.11 Å². The summed E-state index contributed by atoms with van der Waals surface area (Å²) < 4.78 is 4.76. The molecule has 0 bridgehead atoms. The van der Waals surface area contributed by atoms with Crippen LogP contribution in [0.3, 0.4) is 0 Å². The van der Waals surface area contributed by atoms with E-state index >= 15 is 0 Å². The highest BCUT2D eigenvalue weighted by Crippen LogP contribution is 2.25. The van der Waals surface area contributed by atoms with Gasteiger partial charge in [-0.25, -0.2) is 0 Å². The molecule has 0 aliphatic heterocycles. The zero-order valence-corrected chi connectivity index (χ0v) is 15.7. The van der Waals surface area contributed by atoms with E-state index in [0.717, 1.165) is 16.3 Å². The molecule has 3 aromatic carbocycles. The third-order valence-corrected chi connectivity index (χ3v) is 4.74. The molecule has 1 atom stereocenters. The van der Waals surface area contributed by atoms with Crippen LogP contribution in [0.15, 0.2) is 66.7 Å². The molecule has 1 amide bonds. The van der Waals surface area contributed by atoms with Gasteiger partial charge in [0.15, 0.2) is 0 Å². The van der Waals surface area contributed by atoms with E-state index in [1.807, 2.05) is 48.5 Å². The van der Waals surface area contributed by atoms with Crippen LogP contribution in [0.5, 0.6) is 0 Å². The molecule has 0 heterocycles. The normalized spacial score (nSPS) is 11.8. The van der Waals surface area contributed by atoms with Gasteiger partial charge in [0.1, 0.15) is 0 Å². The molecular weight excluding hydrogens is 362 g/mol. The molecule has 0 aromatic heterocycles. The standard InChI is InChI=1S/C22H20ClNO3/c1-27-22(26)14-20(18-8-4-5-9-19(18)23)24-21(25)13-15-10-11-16-6-2-3-7-17(16)12-15/h2-12,20H,13-14H2,1H3,(H,24,25). The molecule has 1 unspecified atom stereocenters. The van der Waals surface area contributed by atoms with Crippen molar-refractivity contribution >= 4 is 34.2 Å². The first-order valence-corrected chi connectivity index (χ1v) is 9.03. The summed E-state index contributed by atoms with van der Waals surface area (Å²) in [5, 5.41) is 5.62. The molecule has 0 aliphatic rings. The highest BCUT2D eigenvalue weighted by Gasteiger charge is 2.21.